The number of esters is 2. The molecule has 0 N–H and O–H groups in total. The molecule has 0 fully saturated rings. The highest BCUT2D eigenvalue weighted by Gasteiger charge is 2.21. The van der Waals surface area contributed by atoms with E-state index in [1.54, 1.807) is 0 Å². The summed E-state index contributed by atoms with van der Waals surface area (Å²) in [5.41, 5.74) is 0. The summed E-state index contributed by atoms with van der Waals surface area (Å²) in [5, 5.41) is 0. The van der Waals surface area contributed by atoms with Crippen LogP contribution in [0.3, 0.4) is 0 Å². The lowest BCUT2D eigenvalue weighted by Gasteiger charge is -2.28. The van der Waals surface area contributed by atoms with E-state index in [0.29, 0.717) is 23.9 Å². The van der Waals surface area contributed by atoms with E-state index < -0.39 is 32.5 Å². The third kappa shape index (κ3) is 59.4. The van der Waals surface area contributed by atoms with Crippen molar-refractivity contribution in [2.75, 3.05) is 47.5 Å². The Balaban J connectivity index is 4.20. The number of likely N-dealkylation sites (N-methyl/N-ethyl adjacent to an activating group) is 1. The Morgan fingerprint density at radius 2 is 0.750 bits per heavy atom. The van der Waals surface area contributed by atoms with Gasteiger partial charge in [-0.3, -0.25) is 14.2 Å². The number of phosphoric acid groups is 1. The number of unbranched alkanes of at least 4 members (excludes halogenated alkanes) is 17. The summed E-state index contributed by atoms with van der Waals surface area (Å²) in [7, 11) is 1.13. The Morgan fingerprint density at radius 3 is 1.12 bits per heavy atom. The van der Waals surface area contributed by atoms with Gasteiger partial charge in [-0.05, 0) is 116 Å². The largest absolute Gasteiger partial charge is 0.756 e. The number of rotatable bonds is 53. The van der Waals surface area contributed by atoms with Gasteiger partial charge in [0.15, 0.2) is 6.10 Å². The molecule has 0 amide bonds. The molecule has 0 aromatic heterocycles. The van der Waals surface area contributed by atoms with Gasteiger partial charge in [0.2, 0.25) is 0 Å². The van der Waals surface area contributed by atoms with Crippen LogP contribution in [0.1, 0.15) is 219 Å². The molecule has 0 aliphatic heterocycles. The molecule has 0 aliphatic rings. The van der Waals surface area contributed by atoms with E-state index in [4.69, 9.17) is 18.5 Å². The maximum atomic E-state index is 12.8. The van der Waals surface area contributed by atoms with Crippen molar-refractivity contribution in [3.63, 3.8) is 0 Å². The molecule has 0 spiro atoms. The number of quaternary nitrogens is 1. The molecule has 0 heterocycles. The van der Waals surface area contributed by atoms with Crippen molar-refractivity contribution in [2.24, 2.45) is 0 Å². The fourth-order valence-corrected chi connectivity index (χ4v) is 8.29. The second kappa shape index (κ2) is 55.9. The van der Waals surface area contributed by atoms with Crippen molar-refractivity contribution in [3.8, 4) is 0 Å². The summed E-state index contributed by atoms with van der Waals surface area (Å²) >= 11 is 0. The van der Waals surface area contributed by atoms with E-state index in [-0.39, 0.29) is 26.1 Å². The van der Waals surface area contributed by atoms with Crippen LogP contribution in [0.2, 0.25) is 0 Å². The number of hydrogen-bond donors (Lipinski definition) is 0. The van der Waals surface area contributed by atoms with E-state index in [1.807, 2.05) is 21.1 Å². The first kappa shape index (κ1) is 72.2. The zero-order valence-corrected chi connectivity index (χ0v) is 49.8. The monoisotopic (exact) mass is 1080 g/mol. The van der Waals surface area contributed by atoms with Crippen LogP contribution in [0.15, 0.2) is 134 Å². The predicted octanol–water partition coefficient (Wildman–Crippen LogP) is 18.3. The second-order valence-electron chi connectivity index (χ2n) is 20.6. The van der Waals surface area contributed by atoms with Gasteiger partial charge in [0.25, 0.3) is 7.82 Å². The number of phosphoric ester groups is 1. The van der Waals surface area contributed by atoms with Crippen LogP contribution in [-0.4, -0.2) is 70.0 Å². The lowest BCUT2D eigenvalue weighted by atomic mass is 10.1. The smallest absolute Gasteiger partial charge is 0.306 e. The molecule has 0 aromatic rings. The van der Waals surface area contributed by atoms with Gasteiger partial charge < -0.3 is 27.9 Å². The molecule has 9 nitrogen and oxygen atoms in total. The number of carbonyl (C=O) groups is 2. The van der Waals surface area contributed by atoms with Crippen LogP contribution in [0.4, 0.5) is 0 Å². The Bertz CT molecular complexity index is 1740. The predicted molar refractivity (Wildman–Crippen MR) is 323 cm³/mol. The van der Waals surface area contributed by atoms with Crippen LogP contribution < -0.4 is 4.89 Å². The van der Waals surface area contributed by atoms with Crippen molar-refractivity contribution in [2.45, 2.75) is 225 Å². The quantitative estimate of drug-likeness (QED) is 0.0195. The van der Waals surface area contributed by atoms with Gasteiger partial charge in [-0.1, -0.05) is 225 Å². The highest BCUT2D eigenvalue weighted by molar-refractivity contribution is 7.45. The van der Waals surface area contributed by atoms with Gasteiger partial charge >= 0.3 is 11.9 Å². The summed E-state index contributed by atoms with van der Waals surface area (Å²) < 4.78 is 34.1. The lowest BCUT2D eigenvalue weighted by Crippen LogP contribution is -2.37. The average Bonchev–Trinajstić information content (AvgIpc) is 3.38. The highest BCUT2D eigenvalue weighted by Crippen LogP contribution is 2.38. The lowest BCUT2D eigenvalue weighted by molar-refractivity contribution is -0.870. The molecule has 2 atom stereocenters. The summed E-state index contributed by atoms with van der Waals surface area (Å²) in [5.74, 6) is -0.864. The van der Waals surface area contributed by atoms with E-state index in [1.165, 1.54) is 57.8 Å². The Hall–Kier alpha value is -3.85. The zero-order valence-electron chi connectivity index (χ0n) is 48.9. The first-order valence-corrected chi connectivity index (χ1v) is 31.4. The Labute approximate surface area is 466 Å². The molecule has 0 aromatic carbocycles. The van der Waals surface area contributed by atoms with Gasteiger partial charge in [-0.15, -0.1) is 0 Å². The molecule has 0 radical (unpaired) electrons. The molecule has 0 bridgehead atoms. The first-order valence-electron chi connectivity index (χ1n) is 29.9. The molecule has 76 heavy (non-hydrogen) atoms. The van der Waals surface area contributed by atoms with Crippen molar-refractivity contribution >= 4 is 19.8 Å². The number of ether oxygens (including phenoxy) is 2. The van der Waals surface area contributed by atoms with Gasteiger partial charge in [0.1, 0.15) is 19.8 Å². The standard InChI is InChI=1S/C66H110NO8P/c1-6-8-10-12-14-16-18-20-22-24-25-26-27-28-29-30-31-32-33-34-35-36-37-38-39-40-41-43-45-47-49-51-53-55-57-59-66(69)75-64(63-74-76(70,71)73-61-60-67(3,4)5)62-72-65(68)58-56-54-52-50-48-46-44-42-23-21-19-17-15-13-11-9-7-2/h8,10,14-17,20-23,25-26,28-29,31-32,34-35,37-38,40-41,64H,6-7,9,11-13,18-19,24,27,30,33,36,39,42-63H2,1-5H3/b10-8-,16-14-,17-15-,22-20-,23-21-,26-25-,29-28-,32-31-,35-34-,38-37-,41-40-. The normalized spacial score (nSPS) is 14.2. The van der Waals surface area contributed by atoms with Crippen molar-refractivity contribution in [1.29, 1.82) is 0 Å². The van der Waals surface area contributed by atoms with Crippen molar-refractivity contribution < 1.29 is 42.1 Å². The maximum absolute atomic E-state index is 12.8. The van der Waals surface area contributed by atoms with Gasteiger partial charge in [-0.2, -0.15) is 0 Å². The summed E-state index contributed by atoms with van der Waals surface area (Å²) in [6.07, 6.45) is 80.7. The van der Waals surface area contributed by atoms with Crippen molar-refractivity contribution in [1.82, 2.24) is 0 Å². The molecule has 0 saturated heterocycles. The minimum absolute atomic E-state index is 0.0416. The molecule has 0 rings (SSSR count). The second-order valence-corrected chi connectivity index (χ2v) is 22.0. The molecule has 432 valence electrons. The molecule has 10 heteroatoms. The molecular formula is C66H110NO8P. The average molecular weight is 1080 g/mol. The van der Waals surface area contributed by atoms with E-state index in [0.717, 1.165) is 122 Å². The number of hydrogen-bond acceptors (Lipinski definition) is 8. The van der Waals surface area contributed by atoms with E-state index in [9.17, 15) is 19.0 Å². The Kier molecular flexibility index (Phi) is 53.1. The minimum atomic E-state index is -4.65. The molecular weight excluding hydrogens is 966 g/mol. The zero-order chi connectivity index (χ0) is 55.6. The van der Waals surface area contributed by atoms with Crippen LogP contribution >= 0.6 is 7.82 Å². The highest BCUT2D eigenvalue weighted by atomic mass is 31.2. The molecule has 2 unspecified atom stereocenters. The van der Waals surface area contributed by atoms with Crippen LogP contribution in [0, 0.1) is 0 Å². The van der Waals surface area contributed by atoms with Crippen LogP contribution in [0.5, 0.6) is 0 Å². The fraction of sp³-hybridized carbons (Fsp3) is 0.636. The minimum Gasteiger partial charge on any atom is -0.756 e. The SMILES string of the molecule is CC/C=C\C/C=C\C/C=C\C/C=C\C/C=C\C/C=C\C/C=C\C/C=C\C/C=C\CCCCCCCCCC(=O)OC(COC(=O)CCCCCCCCC/C=C\C/C=C\CCCCC)COP(=O)([O-])OCC[N+](C)(C)C. The van der Waals surface area contributed by atoms with E-state index >= 15 is 0 Å². The van der Waals surface area contributed by atoms with Crippen LogP contribution in [0.25, 0.3) is 0 Å². The number of allylic oxidation sites excluding steroid dienone is 22. The van der Waals surface area contributed by atoms with Gasteiger partial charge in [0, 0.05) is 12.8 Å². The van der Waals surface area contributed by atoms with Gasteiger partial charge in [-0.25, -0.2) is 0 Å². The maximum Gasteiger partial charge on any atom is 0.306 e. The van der Waals surface area contributed by atoms with Gasteiger partial charge in [0.05, 0.1) is 27.7 Å². The third-order valence-corrected chi connectivity index (χ3v) is 13.1. The summed E-state index contributed by atoms with van der Waals surface area (Å²) in [4.78, 5) is 37.9. The molecule has 0 aliphatic carbocycles. The Morgan fingerprint density at radius 1 is 0.421 bits per heavy atom. The number of nitrogens with zero attached hydrogens (tertiary/aromatic N) is 1. The third-order valence-electron chi connectivity index (χ3n) is 12.2. The summed E-state index contributed by atoms with van der Waals surface area (Å²) in [6, 6.07) is 0. The number of carbonyl (C=O) groups excluding carboxylic acids is 2. The van der Waals surface area contributed by atoms with E-state index in [2.05, 4.69) is 148 Å². The summed E-state index contributed by atoms with van der Waals surface area (Å²) in [6.45, 7) is 4.06. The fourth-order valence-electron chi connectivity index (χ4n) is 7.56. The molecule has 0 saturated carbocycles. The topological polar surface area (TPSA) is 111 Å². The first-order chi connectivity index (χ1) is 37.0. The van der Waals surface area contributed by atoms with Crippen LogP contribution in [-0.2, 0) is 32.7 Å². The van der Waals surface area contributed by atoms with Crippen molar-refractivity contribution in [3.05, 3.63) is 134 Å².